The van der Waals surface area contributed by atoms with Crippen LogP contribution in [0.1, 0.15) is 13.3 Å². The summed E-state index contributed by atoms with van der Waals surface area (Å²) in [4.78, 5) is 23.8. The second-order valence-electron chi connectivity index (χ2n) is 4.23. The SMILES string of the molecule is CC1CCN(C(=O)N[C@H](CO)C(=O)O)C1CO. The minimum atomic E-state index is -1.31. The van der Waals surface area contributed by atoms with Gasteiger partial charge in [-0.3, -0.25) is 0 Å². The first-order chi connectivity index (χ1) is 8.01. The average Bonchev–Trinajstić information content (AvgIpc) is 2.66. The predicted octanol–water partition coefficient (Wildman–Crippen LogP) is -1.16. The molecular formula is C10H18N2O5. The third-order valence-corrected chi connectivity index (χ3v) is 3.11. The van der Waals surface area contributed by atoms with Gasteiger partial charge in [0.25, 0.3) is 0 Å². The van der Waals surface area contributed by atoms with E-state index in [9.17, 15) is 9.59 Å². The largest absolute Gasteiger partial charge is 0.480 e. The number of rotatable bonds is 4. The highest BCUT2D eigenvalue weighted by Gasteiger charge is 2.35. The Morgan fingerprint density at radius 1 is 1.47 bits per heavy atom. The van der Waals surface area contributed by atoms with E-state index in [0.717, 1.165) is 6.42 Å². The van der Waals surface area contributed by atoms with Crippen LogP contribution in [0.3, 0.4) is 0 Å². The van der Waals surface area contributed by atoms with E-state index in [4.69, 9.17) is 15.3 Å². The number of aliphatic hydroxyl groups excluding tert-OH is 2. The van der Waals surface area contributed by atoms with Gasteiger partial charge in [-0.1, -0.05) is 6.92 Å². The number of carboxylic acid groups (broad SMARTS) is 1. The van der Waals surface area contributed by atoms with Gasteiger partial charge in [0.2, 0.25) is 0 Å². The normalized spacial score (nSPS) is 25.7. The van der Waals surface area contributed by atoms with E-state index in [1.165, 1.54) is 4.90 Å². The molecule has 1 saturated heterocycles. The van der Waals surface area contributed by atoms with Crippen molar-refractivity contribution in [1.82, 2.24) is 10.2 Å². The molecule has 0 spiro atoms. The molecule has 0 aromatic rings. The lowest BCUT2D eigenvalue weighted by Gasteiger charge is -2.26. The summed E-state index contributed by atoms with van der Waals surface area (Å²) in [7, 11) is 0. The molecule has 1 heterocycles. The monoisotopic (exact) mass is 246 g/mol. The van der Waals surface area contributed by atoms with Gasteiger partial charge < -0.3 is 25.5 Å². The van der Waals surface area contributed by atoms with E-state index in [-0.39, 0.29) is 18.6 Å². The predicted molar refractivity (Wildman–Crippen MR) is 58.4 cm³/mol. The van der Waals surface area contributed by atoms with Crippen molar-refractivity contribution in [2.75, 3.05) is 19.8 Å². The second kappa shape index (κ2) is 5.83. The van der Waals surface area contributed by atoms with Gasteiger partial charge in [-0.2, -0.15) is 0 Å². The van der Waals surface area contributed by atoms with Crippen LogP contribution in [0.15, 0.2) is 0 Å². The molecule has 98 valence electrons. The van der Waals surface area contributed by atoms with Crippen LogP contribution in [0.4, 0.5) is 4.79 Å². The van der Waals surface area contributed by atoms with Crippen LogP contribution in [0.25, 0.3) is 0 Å². The number of amides is 2. The summed E-state index contributed by atoms with van der Waals surface area (Å²) in [6.45, 7) is 1.60. The molecule has 17 heavy (non-hydrogen) atoms. The third-order valence-electron chi connectivity index (χ3n) is 3.11. The van der Waals surface area contributed by atoms with Crippen molar-refractivity contribution in [1.29, 1.82) is 0 Å². The van der Waals surface area contributed by atoms with Crippen LogP contribution >= 0.6 is 0 Å². The minimum Gasteiger partial charge on any atom is -0.480 e. The smallest absolute Gasteiger partial charge is 0.328 e. The highest BCUT2D eigenvalue weighted by molar-refractivity contribution is 5.83. The van der Waals surface area contributed by atoms with E-state index >= 15 is 0 Å². The number of carboxylic acids is 1. The highest BCUT2D eigenvalue weighted by Crippen LogP contribution is 2.23. The molecule has 0 aromatic carbocycles. The summed E-state index contributed by atoms with van der Waals surface area (Å²) < 4.78 is 0. The van der Waals surface area contributed by atoms with E-state index in [0.29, 0.717) is 6.54 Å². The summed E-state index contributed by atoms with van der Waals surface area (Å²) in [5.74, 6) is -1.10. The quantitative estimate of drug-likeness (QED) is 0.500. The number of carbonyl (C=O) groups excluding carboxylic acids is 1. The van der Waals surface area contributed by atoms with Crippen LogP contribution in [-0.2, 0) is 4.79 Å². The van der Waals surface area contributed by atoms with Gasteiger partial charge in [0.15, 0.2) is 6.04 Å². The first kappa shape index (κ1) is 13.7. The Kier molecular flexibility index (Phi) is 4.71. The van der Waals surface area contributed by atoms with Gasteiger partial charge in [-0.15, -0.1) is 0 Å². The Bertz CT molecular complexity index is 296. The van der Waals surface area contributed by atoms with Crippen LogP contribution in [0.5, 0.6) is 0 Å². The van der Waals surface area contributed by atoms with E-state index in [2.05, 4.69) is 5.32 Å². The Morgan fingerprint density at radius 2 is 2.12 bits per heavy atom. The number of urea groups is 1. The highest BCUT2D eigenvalue weighted by atomic mass is 16.4. The van der Waals surface area contributed by atoms with E-state index < -0.39 is 24.6 Å². The standard InChI is InChI=1S/C10H18N2O5/c1-6-2-3-12(8(6)5-14)10(17)11-7(4-13)9(15)16/h6-8,13-14H,2-5H2,1H3,(H,11,17)(H,15,16)/t6?,7-,8?/m1/s1. The summed E-state index contributed by atoms with van der Waals surface area (Å²) in [5.41, 5.74) is 0. The number of hydrogen-bond acceptors (Lipinski definition) is 4. The molecule has 0 bridgehead atoms. The fourth-order valence-corrected chi connectivity index (χ4v) is 1.96. The van der Waals surface area contributed by atoms with Gasteiger partial charge >= 0.3 is 12.0 Å². The fraction of sp³-hybridized carbons (Fsp3) is 0.800. The topological polar surface area (TPSA) is 110 Å². The number of aliphatic hydroxyl groups is 2. The van der Waals surface area contributed by atoms with Gasteiger partial charge in [0.05, 0.1) is 19.3 Å². The van der Waals surface area contributed by atoms with Crippen LogP contribution in [0.2, 0.25) is 0 Å². The summed E-state index contributed by atoms with van der Waals surface area (Å²) in [5, 5.41) is 28.9. The molecule has 2 unspecified atom stereocenters. The Morgan fingerprint density at radius 3 is 2.59 bits per heavy atom. The van der Waals surface area contributed by atoms with E-state index in [1.54, 1.807) is 0 Å². The molecule has 1 aliphatic heterocycles. The maximum atomic E-state index is 11.8. The third kappa shape index (κ3) is 3.07. The minimum absolute atomic E-state index is 0.147. The van der Waals surface area contributed by atoms with Crippen molar-refractivity contribution in [3.8, 4) is 0 Å². The first-order valence-electron chi connectivity index (χ1n) is 5.53. The van der Waals surface area contributed by atoms with Crippen LogP contribution in [-0.4, -0.2) is 64.1 Å². The maximum absolute atomic E-state index is 11.8. The molecule has 3 atom stereocenters. The Balaban J connectivity index is 2.61. The van der Waals surface area contributed by atoms with Gasteiger partial charge in [0.1, 0.15) is 0 Å². The van der Waals surface area contributed by atoms with Crippen molar-refractivity contribution in [3.05, 3.63) is 0 Å². The molecular weight excluding hydrogens is 228 g/mol. The summed E-state index contributed by atoms with van der Waals surface area (Å²) in [6.07, 6.45) is 0.773. The second-order valence-corrected chi connectivity index (χ2v) is 4.23. The van der Waals surface area contributed by atoms with Crippen molar-refractivity contribution in [3.63, 3.8) is 0 Å². The zero-order valence-corrected chi connectivity index (χ0v) is 9.67. The van der Waals surface area contributed by atoms with Crippen LogP contribution < -0.4 is 5.32 Å². The van der Waals surface area contributed by atoms with Crippen molar-refractivity contribution < 1.29 is 24.9 Å². The molecule has 0 saturated carbocycles. The Hall–Kier alpha value is -1.34. The molecule has 0 aromatic heterocycles. The maximum Gasteiger partial charge on any atom is 0.328 e. The molecule has 1 fully saturated rings. The summed E-state index contributed by atoms with van der Waals surface area (Å²) >= 11 is 0. The number of aliphatic carboxylic acids is 1. The average molecular weight is 246 g/mol. The number of nitrogens with one attached hydrogen (secondary N) is 1. The number of carbonyl (C=O) groups is 2. The van der Waals surface area contributed by atoms with Crippen LogP contribution in [0, 0.1) is 5.92 Å². The zero-order chi connectivity index (χ0) is 13.0. The lowest BCUT2D eigenvalue weighted by molar-refractivity contribution is -0.140. The lowest BCUT2D eigenvalue weighted by Crippen LogP contribution is -2.52. The number of likely N-dealkylation sites (tertiary alicyclic amines) is 1. The van der Waals surface area contributed by atoms with Crippen molar-refractivity contribution >= 4 is 12.0 Å². The van der Waals surface area contributed by atoms with Crippen molar-refractivity contribution in [2.45, 2.75) is 25.4 Å². The van der Waals surface area contributed by atoms with Gasteiger partial charge in [0, 0.05) is 6.54 Å². The molecule has 0 aliphatic carbocycles. The van der Waals surface area contributed by atoms with E-state index in [1.807, 2.05) is 6.92 Å². The van der Waals surface area contributed by atoms with Gasteiger partial charge in [-0.25, -0.2) is 9.59 Å². The van der Waals surface area contributed by atoms with Crippen molar-refractivity contribution in [2.24, 2.45) is 5.92 Å². The molecule has 2 amide bonds. The number of nitrogens with zero attached hydrogens (tertiary/aromatic N) is 1. The number of hydrogen-bond donors (Lipinski definition) is 4. The van der Waals surface area contributed by atoms with Gasteiger partial charge in [-0.05, 0) is 12.3 Å². The molecule has 4 N–H and O–H groups in total. The molecule has 1 aliphatic rings. The molecule has 7 nitrogen and oxygen atoms in total. The molecule has 1 rings (SSSR count). The fourth-order valence-electron chi connectivity index (χ4n) is 1.96. The molecule has 7 heteroatoms. The summed E-state index contributed by atoms with van der Waals surface area (Å²) in [6, 6.07) is -2.16. The molecule has 0 radical (unpaired) electrons. The zero-order valence-electron chi connectivity index (χ0n) is 9.67. The lowest BCUT2D eigenvalue weighted by atomic mass is 10.0. The first-order valence-corrected chi connectivity index (χ1v) is 5.53. The Labute approximate surface area is 99.0 Å².